The van der Waals surface area contributed by atoms with Crippen LogP contribution >= 0.6 is 0 Å². The molecule has 2 rings (SSSR count). The van der Waals surface area contributed by atoms with Crippen molar-refractivity contribution in [1.82, 2.24) is 5.43 Å². The van der Waals surface area contributed by atoms with Crippen molar-refractivity contribution in [2.75, 3.05) is 7.11 Å². The van der Waals surface area contributed by atoms with Crippen LogP contribution in [0.2, 0.25) is 0 Å². The Kier molecular flexibility index (Phi) is 4.91. The Morgan fingerprint density at radius 3 is 2.62 bits per heavy atom. The minimum absolute atomic E-state index is 0.00708. The molecule has 0 heterocycles. The number of rotatable bonds is 4. The Labute approximate surface area is 122 Å². The molecule has 0 amide bonds. The summed E-state index contributed by atoms with van der Waals surface area (Å²) in [5, 5.41) is 0. The van der Waals surface area contributed by atoms with E-state index in [2.05, 4.69) is 12.3 Å². The van der Waals surface area contributed by atoms with Crippen LogP contribution in [0.1, 0.15) is 44.2 Å². The van der Waals surface area contributed by atoms with Crippen molar-refractivity contribution in [2.24, 2.45) is 11.8 Å². The summed E-state index contributed by atoms with van der Waals surface area (Å²) >= 11 is 0. The van der Waals surface area contributed by atoms with Crippen LogP contribution in [0.5, 0.6) is 0 Å². The number of nitrogens with two attached hydrogens (primary N) is 1. The molecule has 0 spiro atoms. The quantitative estimate of drug-likeness (QED) is 0.510. The fraction of sp³-hybridized carbons (Fsp3) is 0.600. The molecule has 1 aliphatic carbocycles. The van der Waals surface area contributed by atoms with E-state index < -0.39 is 29.1 Å². The molecule has 3 N–H and O–H groups in total. The van der Waals surface area contributed by atoms with Crippen molar-refractivity contribution < 1.29 is 17.9 Å². The van der Waals surface area contributed by atoms with Gasteiger partial charge in [0.1, 0.15) is 0 Å². The third kappa shape index (κ3) is 2.93. The van der Waals surface area contributed by atoms with Crippen LogP contribution in [0, 0.1) is 23.4 Å². The molecule has 6 heteroatoms. The van der Waals surface area contributed by atoms with Gasteiger partial charge in [0.2, 0.25) is 0 Å². The van der Waals surface area contributed by atoms with Gasteiger partial charge in [-0.25, -0.2) is 18.6 Å². The Hall–Kier alpha value is -1.11. The number of ether oxygens (including phenoxy) is 1. The smallest absolute Gasteiger partial charge is 0.194 e. The summed E-state index contributed by atoms with van der Waals surface area (Å²) in [5.41, 5.74) is 1.80. The third-order valence-electron chi connectivity index (χ3n) is 4.47. The van der Waals surface area contributed by atoms with Crippen LogP contribution in [0.3, 0.4) is 0 Å². The average molecular weight is 302 g/mol. The Balaban J connectivity index is 2.45. The van der Waals surface area contributed by atoms with Crippen molar-refractivity contribution >= 4 is 0 Å². The van der Waals surface area contributed by atoms with E-state index in [0.717, 1.165) is 18.9 Å². The first-order valence-electron chi connectivity index (χ1n) is 7.10. The minimum Gasteiger partial charge on any atom is -0.376 e. The van der Waals surface area contributed by atoms with Gasteiger partial charge in [0.15, 0.2) is 17.5 Å². The van der Waals surface area contributed by atoms with E-state index in [1.165, 1.54) is 6.07 Å². The molecule has 0 radical (unpaired) electrons. The summed E-state index contributed by atoms with van der Waals surface area (Å²) < 4.78 is 46.4. The summed E-state index contributed by atoms with van der Waals surface area (Å²) in [6.07, 6.45) is 3.33. The molecule has 1 aromatic carbocycles. The van der Waals surface area contributed by atoms with E-state index in [4.69, 9.17) is 10.6 Å². The van der Waals surface area contributed by atoms with Crippen LogP contribution in [0.25, 0.3) is 0 Å². The zero-order valence-electron chi connectivity index (χ0n) is 12.3. The van der Waals surface area contributed by atoms with Crippen LogP contribution in [-0.4, -0.2) is 12.7 Å². The molecule has 0 saturated heterocycles. The number of benzene rings is 1. The molecule has 3 nitrogen and oxygen atoms in total. The Morgan fingerprint density at radius 2 is 2.05 bits per heavy atom. The van der Waals surface area contributed by atoms with Gasteiger partial charge in [-0.3, -0.25) is 5.84 Å². The summed E-state index contributed by atoms with van der Waals surface area (Å²) in [4.78, 5) is 0. The molecule has 1 fully saturated rings. The lowest BCUT2D eigenvalue weighted by atomic mass is 9.73. The van der Waals surface area contributed by atoms with Gasteiger partial charge in [0, 0.05) is 12.7 Å². The van der Waals surface area contributed by atoms with Gasteiger partial charge in [-0.2, -0.15) is 0 Å². The summed E-state index contributed by atoms with van der Waals surface area (Å²) in [6.45, 7) is 2.09. The Bertz CT molecular complexity index is 512. The third-order valence-corrected chi connectivity index (χ3v) is 4.47. The zero-order chi connectivity index (χ0) is 15.6. The monoisotopic (exact) mass is 302 g/mol. The van der Waals surface area contributed by atoms with Gasteiger partial charge >= 0.3 is 0 Å². The highest BCUT2D eigenvalue weighted by Gasteiger charge is 2.44. The largest absolute Gasteiger partial charge is 0.376 e. The maximum Gasteiger partial charge on any atom is 0.194 e. The summed E-state index contributed by atoms with van der Waals surface area (Å²) in [6, 6.07) is 1.40. The van der Waals surface area contributed by atoms with Crippen molar-refractivity contribution in [1.29, 1.82) is 0 Å². The predicted octanol–water partition coefficient (Wildman–Crippen LogP) is 3.20. The molecule has 3 unspecified atom stereocenters. The first-order valence-corrected chi connectivity index (χ1v) is 7.10. The molecule has 118 valence electrons. The highest BCUT2D eigenvalue weighted by Crippen LogP contribution is 2.43. The van der Waals surface area contributed by atoms with E-state index in [1.54, 1.807) is 7.11 Å². The van der Waals surface area contributed by atoms with Gasteiger partial charge in [0.05, 0.1) is 11.6 Å². The molecule has 1 aliphatic rings. The lowest BCUT2D eigenvalue weighted by Crippen LogP contribution is -2.50. The number of hydrogen-bond donors (Lipinski definition) is 2. The van der Waals surface area contributed by atoms with E-state index in [9.17, 15) is 13.2 Å². The van der Waals surface area contributed by atoms with Crippen LogP contribution in [0.15, 0.2) is 12.1 Å². The summed E-state index contributed by atoms with van der Waals surface area (Å²) in [5.74, 6) is 2.07. The van der Waals surface area contributed by atoms with Gasteiger partial charge in [0.25, 0.3) is 0 Å². The highest BCUT2D eigenvalue weighted by molar-refractivity contribution is 5.26. The van der Waals surface area contributed by atoms with Gasteiger partial charge in [-0.1, -0.05) is 25.8 Å². The van der Waals surface area contributed by atoms with Crippen LogP contribution < -0.4 is 11.3 Å². The second-order valence-electron chi connectivity index (χ2n) is 5.83. The van der Waals surface area contributed by atoms with E-state index in [1.807, 2.05) is 0 Å². The maximum absolute atomic E-state index is 14.1. The number of nitrogens with one attached hydrogen (secondary N) is 1. The maximum atomic E-state index is 14.1. The highest BCUT2D eigenvalue weighted by atomic mass is 19.2. The predicted molar refractivity (Wildman–Crippen MR) is 73.8 cm³/mol. The number of methoxy groups -OCH3 is 1. The normalized spacial score (nSPS) is 27.6. The first kappa shape index (κ1) is 16.3. The van der Waals surface area contributed by atoms with E-state index >= 15 is 0 Å². The lowest BCUT2D eigenvalue weighted by molar-refractivity contribution is -0.0814. The molecule has 0 bridgehead atoms. The molecular weight excluding hydrogens is 281 g/mol. The molecule has 21 heavy (non-hydrogen) atoms. The Morgan fingerprint density at radius 1 is 1.33 bits per heavy atom. The second kappa shape index (κ2) is 6.34. The molecule has 3 atom stereocenters. The van der Waals surface area contributed by atoms with Gasteiger partial charge in [-0.15, -0.1) is 0 Å². The molecule has 0 aromatic heterocycles. The van der Waals surface area contributed by atoms with Gasteiger partial charge in [-0.05, 0) is 24.8 Å². The molecule has 1 aromatic rings. The van der Waals surface area contributed by atoms with Crippen molar-refractivity contribution in [3.8, 4) is 0 Å². The van der Waals surface area contributed by atoms with Crippen LogP contribution in [0.4, 0.5) is 13.2 Å². The lowest BCUT2D eigenvalue weighted by Gasteiger charge is -2.44. The molecule has 1 saturated carbocycles. The number of hydrazine groups is 1. The topological polar surface area (TPSA) is 47.3 Å². The van der Waals surface area contributed by atoms with E-state index in [0.29, 0.717) is 18.8 Å². The number of hydrogen-bond acceptors (Lipinski definition) is 3. The first-order chi connectivity index (χ1) is 9.95. The van der Waals surface area contributed by atoms with Crippen molar-refractivity contribution in [3.63, 3.8) is 0 Å². The summed E-state index contributed by atoms with van der Waals surface area (Å²) in [7, 11) is 1.54. The van der Waals surface area contributed by atoms with Crippen molar-refractivity contribution in [3.05, 3.63) is 35.1 Å². The molecular formula is C15H21F3N2O. The fourth-order valence-electron chi connectivity index (χ4n) is 3.40. The van der Waals surface area contributed by atoms with Gasteiger partial charge < -0.3 is 4.74 Å². The van der Waals surface area contributed by atoms with E-state index in [-0.39, 0.29) is 5.56 Å². The SMILES string of the molecule is COC1(C(NN)c2ccc(F)c(F)c2F)CCCC(C)C1. The van der Waals surface area contributed by atoms with Crippen LogP contribution in [-0.2, 0) is 4.74 Å². The average Bonchev–Trinajstić information content (AvgIpc) is 2.48. The molecule has 0 aliphatic heterocycles. The number of halogens is 3. The second-order valence-corrected chi connectivity index (χ2v) is 5.83. The fourth-order valence-corrected chi connectivity index (χ4v) is 3.40. The van der Waals surface area contributed by atoms with Crippen molar-refractivity contribution in [2.45, 2.75) is 44.2 Å². The zero-order valence-corrected chi connectivity index (χ0v) is 12.3. The standard InChI is InChI=1S/C15H21F3N2O/c1-9-4-3-7-15(8-9,21-2)14(20-19)10-5-6-11(16)13(18)12(10)17/h5-6,9,14,20H,3-4,7-8,19H2,1-2H3. The minimum atomic E-state index is -1.48.